The third kappa shape index (κ3) is 7.55. The molecule has 0 aliphatic heterocycles. The maximum atomic E-state index is 3.72. The summed E-state index contributed by atoms with van der Waals surface area (Å²) >= 11 is 3.61. The summed E-state index contributed by atoms with van der Waals surface area (Å²) < 4.78 is 0. The van der Waals surface area contributed by atoms with Crippen LogP contribution in [0, 0.1) is 41.5 Å². The third-order valence-electron chi connectivity index (χ3n) is 5.38. The van der Waals surface area contributed by atoms with Crippen molar-refractivity contribution in [1.29, 1.82) is 0 Å². The van der Waals surface area contributed by atoms with Crippen LogP contribution in [0.1, 0.15) is 33.4 Å². The van der Waals surface area contributed by atoms with Crippen molar-refractivity contribution in [2.24, 2.45) is 0 Å². The Kier molecular flexibility index (Phi) is 8.28. The molecule has 0 saturated heterocycles. The molecule has 3 rings (SSSR count). The first-order valence-electron chi connectivity index (χ1n) is 11.1. The number of anilines is 3. The molecular weight excluding hydrogens is 476 g/mol. The molecule has 0 aromatic heterocycles. The molecule has 0 atom stereocenters. The Morgan fingerprint density at radius 1 is 0.469 bits per heavy atom. The van der Waals surface area contributed by atoms with Crippen molar-refractivity contribution in [2.45, 2.75) is 41.5 Å². The zero-order valence-electron chi connectivity index (χ0n) is 20.2. The van der Waals surface area contributed by atoms with Crippen LogP contribution < -0.4 is 16.0 Å². The van der Waals surface area contributed by atoms with Crippen molar-refractivity contribution in [3.05, 3.63) is 88.0 Å². The number of aryl methyl sites for hydroxylation is 6. The Labute approximate surface area is 201 Å². The summed E-state index contributed by atoms with van der Waals surface area (Å²) in [5.74, 6) is 0. The van der Waals surface area contributed by atoms with Gasteiger partial charge in [-0.25, -0.2) is 0 Å². The zero-order chi connectivity index (χ0) is 23.3. The van der Waals surface area contributed by atoms with E-state index in [9.17, 15) is 0 Å². The van der Waals surface area contributed by atoms with Crippen LogP contribution >= 0.6 is 5.51 Å². The molecule has 0 radical (unpaired) electrons. The molecule has 0 unspecified atom stereocenters. The number of nitrogens with one attached hydrogen (secondary N) is 3. The standard InChI is InChI=1S/C27H36N3PSe/c1-19-7-20(2)11-25(10-19)28-16-31(32,17-29-26-12-21(3)8-22(4)13-26)18-30-27-14-23(5)9-24(6)15-27/h7-15,28-30H,16-18H2,1-6H3. The molecule has 3 nitrogen and oxygen atoms in total. The summed E-state index contributed by atoms with van der Waals surface area (Å²) in [5.41, 5.74) is 9.81. The van der Waals surface area contributed by atoms with Crippen LogP contribution in [-0.2, 0) is 0 Å². The van der Waals surface area contributed by atoms with Gasteiger partial charge in [-0.1, -0.05) is 0 Å². The van der Waals surface area contributed by atoms with Gasteiger partial charge in [0.2, 0.25) is 0 Å². The average Bonchev–Trinajstić information content (AvgIpc) is 2.68. The van der Waals surface area contributed by atoms with Crippen LogP contribution in [0.25, 0.3) is 0 Å². The van der Waals surface area contributed by atoms with Crippen molar-refractivity contribution < 1.29 is 0 Å². The van der Waals surface area contributed by atoms with Crippen molar-refractivity contribution >= 4 is 37.7 Å². The van der Waals surface area contributed by atoms with Gasteiger partial charge in [-0.2, -0.15) is 0 Å². The molecule has 0 saturated carbocycles. The summed E-state index contributed by atoms with van der Waals surface area (Å²) in [5, 5.41) is 11.2. The SMILES string of the molecule is Cc1cc(C)cc(NCP(=[Se])(CNc2cc(C)cc(C)c2)CNc2cc(C)cc(C)c2)c1. The monoisotopic (exact) mass is 513 g/mol. The number of rotatable bonds is 9. The van der Waals surface area contributed by atoms with E-state index in [1.807, 2.05) is 0 Å². The van der Waals surface area contributed by atoms with Crippen molar-refractivity contribution in [2.75, 3.05) is 34.8 Å². The van der Waals surface area contributed by atoms with Gasteiger partial charge in [0.1, 0.15) is 0 Å². The third-order valence-corrected chi connectivity index (χ3v) is 10.0. The summed E-state index contributed by atoms with van der Waals surface area (Å²) in [6.07, 6.45) is 2.77. The summed E-state index contributed by atoms with van der Waals surface area (Å²) in [7, 11) is 0. The Morgan fingerprint density at radius 3 is 0.906 bits per heavy atom. The fourth-order valence-corrected chi connectivity index (χ4v) is 7.07. The van der Waals surface area contributed by atoms with Gasteiger partial charge in [-0.15, -0.1) is 0 Å². The summed E-state index contributed by atoms with van der Waals surface area (Å²) in [6.45, 7) is 12.9. The van der Waals surface area contributed by atoms with E-state index in [0.29, 0.717) is 0 Å². The molecule has 0 aliphatic carbocycles. The van der Waals surface area contributed by atoms with E-state index in [2.05, 4.69) is 127 Å². The fraction of sp³-hybridized carbons (Fsp3) is 0.333. The van der Waals surface area contributed by atoms with E-state index in [0.717, 1.165) is 18.9 Å². The van der Waals surface area contributed by atoms with E-state index < -0.39 is 5.51 Å². The Balaban J connectivity index is 1.76. The van der Waals surface area contributed by atoms with Gasteiger partial charge >= 0.3 is 202 Å². The fourth-order valence-electron chi connectivity index (χ4n) is 4.10. The first-order chi connectivity index (χ1) is 15.1. The van der Waals surface area contributed by atoms with E-state index in [1.54, 1.807) is 0 Å². The Morgan fingerprint density at radius 2 is 0.688 bits per heavy atom. The molecule has 32 heavy (non-hydrogen) atoms. The summed E-state index contributed by atoms with van der Waals surface area (Å²) in [4.78, 5) is 0. The molecule has 0 spiro atoms. The van der Waals surface area contributed by atoms with Crippen molar-refractivity contribution in [3.63, 3.8) is 0 Å². The number of benzene rings is 3. The van der Waals surface area contributed by atoms with E-state index in [4.69, 9.17) is 0 Å². The second-order valence-corrected chi connectivity index (χ2v) is 17.1. The summed E-state index contributed by atoms with van der Waals surface area (Å²) in [6, 6.07) is 20.0. The van der Waals surface area contributed by atoms with Crippen LogP contribution in [0.15, 0.2) is 54.6 Å². The van der Waals surface area contributed by atoms with Crippen LogP contribution in [0.3, 0.4) is 0 Å². The van der Waals surface area contributed by atoms with E-state index >= 15 is 0 Å². The second-order valence-electron chi connectivity index (χ2n) is 9.19. The van der Waals surface area contributed by atoms with Gasteiger partial charge < -0.3 is 0 Å². The molecule has 0 heterocycles. The molecule has 170 valence electrons. The molecule has 0 fully saturated rings. The van der Waals surface area contributed by atoms with Crippen LogP contribution in [0.2, 0.25) is 0 Å². The van der Waals surface area contributed by atoms with E-state index in [-0.39, 0.29) is 0 Å². The van der Waals surface area contributed by atoms with Gasteiger partial charge in [0.15, 0.2) is 0 Å². The van der Waals surface area contributed by atoms with Crippen LogP contribution in [-0.4, -0.2) is 34.0 Å². The molecule has 0 bridgehead atoms. The number of hydrogen-bond acceptors (Lipinski definition) is 3. The zero-order valence-corrected chi connectivity index (χ0v) is 22.8. The Hall–Kier alpha value is -1.99. The molecule has 3 N–H and O–H groups in total. The van der Waals surface area contributed by atoms with E-state index in [1.165, 1.54) is 50.4 Å². The van der Waals surface area contributed by atoms with Gasteiger partial charge in [0.05, 0.1) is 0 Å². The predicted molar refractivity (Wildman–Crippen MR) is 146 cm³/mol. The molecule has 0 aliphatic rings. The Bertz CT molecular complexity index is 938. The molecule has 3 aromatic rings. The minimum absolute atomic E-state index is 0.922. The van der Waals surface area contributed by atoms with Gasteiger partial charge in [0, 0.05) is 0 Å². The predicted octanol–water partition coefficient (Wildman–Crippen LogP) is 7.15. The first-order valence-corrected chi connectivity index (χ1v) is 15.7. The normalized spacial score (nSPS) is 11.3. The van der Waals surface area contributed by atoms with Gasteiger partial charge in [0.25, 0.3) is 0 Å². The molecule has 3 aromatic carbocycles. The second kappa shape index (κ2) is 10.8. The van der Waals surface area contributed by atoms with Gasteiger partial charge in [-0.05, 0) is 0 Å². The first kappa shape index (κ1) is 24.6. The number of hydrogen-bond donors (Lipinski definition) is 3. The van der Waals surface area contributed by atoms with Crippen LogP contribution in [0.4, 0.5) is 17.1 Å². The topological polar surface area (TPSA) is 36.1 Å². The van der Waals surface area contributed by atoms with Crippen molar-refractivity contribution in [1.82, 2.24) is 0 Å². The van der Waals surface area contributed by atoms with Crippen molar-refractivity contribution in [3.8, 4) is 0 Å². The average molecular weight is 513 g/mol. The quantitative estimate of drug-likeness (QED) is 0.211. The van der Waals surface area contributed by atoms with Crippen LogP contribution in [0.5, 0.6) is 0 Å². The molecule has 5 heteroatoms. The van der Waals surface area contributed by atoms with Gasteiger partial charge in [-0.3, -0.25) is 0 Å². The molecular formula is C27H36N3PSe. The maximum absolute atomic E-state index is 3.72. The minimum atomic E-state index is -1.51. The molecule has 0 amide bonds.